The van der Waals surface area contributed by atoms with E-state index < -0.39 is 10.0 Å². The van der Waals surface area contributed by atoms with Gasteiger partial charge < -0.3 is 4.57 Å². The predicted octanol–water partition coefficient (Wildman–Crippen LogP) is 2.21. The Kier molecular flexibility index (Phi) is 4.15. The van der Waals surface area contributed by atoms with Crippen LogP contribution in [0.5, 0.6) is 0 Å². The molecular weight excluding hydrogens is 309 g/mol. The molecule has 2 aromatic heterocycles. The van der Waals surface area contributed by atoms with Gasteiger partial charge in [-0.2, -0.15) is 0 Å². The SMILES string of the molecule is Cn1cc(Cl)cc1CNS(=O)(=O)c1cncc(Cl)c1. The zero-order valence-corrected chi connectivity index (χ0v) is 12.3. The van der Waals surface area contributed by atoms with Gasteiger partial charge in [0.25, 0.3) is 0 Å². The third kappa shape index (κ3) is 3.48. The molecule has 0 bridgehead atoms. The molecule has 0 fully saturated rings. The number of halogens is 2. The molecule has 0 aromatic carbocycles. The summed E-state index contributed by atoms with van der Waals surface area (Å²) in [7, 11) is -1.85. The molecule has 0 amide bonds. The first-order valence-corrected chi connectivity index (χ1v) is 7.53. The topological polar surface area (TPSA) is 64.0 Å². The van der Waals surface area contributed by atoms with Crippen molar-refractivity contribution >= 4 is 33.2 Å². The highest BCUT2D eigenvalue weighted by Crippen LogP contribution is 2.15. The van der Waals surface area contributed by atoms with Crippen molar-refractivity contribution in [1.29, 1.82) is 0 Å². The summed E-state index contributed by atoms with van der Waals surface area (Å²) in [6.07, 6.45) is 4.32. The molecule has 0 aliphatic heterocycles. The summed E-state index contributed by atoms with van der Waals surface area (Å²) in [5, 5.41) is 0.825. The van der Waals surface area contributed by atoms with E-state index in [-0.39, 0.29) is 16.5 Å². The Bertz CT molecular complexity index is 698. The van der Waals surface area contributed by atoms with Gasteiger partial charge in [0.1, 0.15) is 4.90 Å². The van der Waals surface area contributed by atoms with E-state index >= 15 is 0 Å². The van der Waals surface area contributed by atoms with Crippen molar-refractivity contribution in [3.05, 3.63) is 46.5 Å². The maximum atomic E-state index is 12.0. The summed E-state index contributed by atoms with van der Waals surface area (Å²) in [5.74, 6) is 0. The number of aromatic nitrogens is 2. The molecule has 0 saturated heterocycles. The largest absolute Gasteiger partial charge is 0.352 e. The highest BCUT2D eigenvalue weighted by Gasteiger charge is 2.15. The van der Waals surface area contributed by atoms with Gasteiger partial charge >= 0.3 is 0 Å². The number of hydrogen-bond acceptors (Lipinski definition) is 3. The molecule has 0 aliphatic rings. The van der Waals surface area contributed by atoms with Crippen molar-refractivity contribution in [3.63, 3.8) is 0 Å². The lowest BCUT2D eigenvalue weighted by molar-refractivity contribution is 0.578. The van der Waals surface area contributed by atoms with Crippen molar-refractivity contribution < 1.29 is 8.42 Å². The zero-order valence-electron chi connectivity index (χ0n) is 9.97. The molecule has 2 rings (SSSR count). The molecule has 0 unspecified atom stereocenters. The van der Waals surface area contributed by atoms with Crippen LogP contribution in [-0.4, -0.2) is 18.0 Å². The van der Waals surface area contributed by atoms with E-state index in [1.807, 2.05) is 0 Å². The quantitative estimate of drug-likeness (QED) is 0.939. The second-order valence-corrected chi connectivity index (χ2v) is 6.56. The van der Waals surface area contributed by atoms with Crippen LogP contribution in [0.25, 0.3) is 0 Å². The first-order valence-electron chi connectivity index (χ1n) is 5.29. The van der Waals surface area contributed by atoms with Crippen LogP contribution in [-0.2, 0) is 23.6 Å². The van der Waals surface area contributed by atoms with Gasteiger partial charge in [-0.1, -0.05) is 23.2 Å². The van der Waals surface area contributed by atoms with Crippen molar-refractivity contribution in [2.24, 2.45) is 7.05 Å². The van der Waals surface area contributed by atoms with Crippen LogP contribution in [0, 0.1) is 0 Å². The smallest absolute Gasteiger partial charge is 0.242 e. The number of nitrogens with one attached hydrogen (secondary N) is 1. The summed E-state index contributed by atoms with van der Waals surface area (Å²) in [4.78, 5) is 3.78. The Morgan fingerprint density at radius 2 is 2.00 bits per heavy atom. The summed E-state index contributed by atoms with van der Waals surface area (Å²) < 4.78 is 28.3. The fourth-order valence-corrected chi connectivity index (χ4v) is 3.03. The molecule has 19 heavy (non-hydrogen) atoms. The molecule has 0 radical (unpaired) electrons. The minimum Gasteiger partial charge on any atom is -0.352 e. The van der Waals surface area contributed by atoms with Crippen LogP contribution in [0.2, 0.25) is 10.0 Å². The third-order valence-electron chi connectivity index (χ3n) is 2.51. The van der Waals surface area contributed by atoms with Crippen LogP contribution >= 0.6 is 23.2 Å². The van der Waals surface area contributed by atoms with Gasteiger partial charge in [-0.3, -0.25) is 4.98 Å². The van der Waals surface area contributed by atoms with E-state index in [1.165, 1.54) is 18.5 Å². The van der Waals surface area contributed by atoms with E-state index in [4.69, 9.17) is 23.2 Å². The lowest BCUT2D eigenvalue weighted by Crippen LogP contribution is -2.24. The average molecular weight is 320 g/mol. The Hall–Kier alpha value is -1.08. The highest BCUT2D eigenvalue weighted by atomic mass is 35.5. The summed E-state index contributed by atoms with van der Waals surface area (Å²) >= 11 is 11.5. The monoisotopic (exact) mass is 319 g/mol. The lowest BCUT2D eigenvalue weighted by Gasteiger charge is -2.07. The van der Waals surface area contributed by atoms with Crippen LogP contribution in [0.15, 0.2) is 35.6 Å². The molecule has 2 heterocycles. The van der Waals surface area contributed by atoms with Crippen molar-refractivity contribution in [2.45, 2.75) is 11.4 Å². The summed E-state index contributed by atoms with van der Waals surface area (Å²) in [6.45, 7) is 0.137. The van der Waals surface area contributed by atoms with Crippen LogP contribution in [0.1, 0.15) is 5.69 Å². The van der Waals surface area contributed by atoms with Gasteiger partial charge in [-0.15, -0.1) is 0 Å². The van der Waals surface area contributed by atoms with Crippen LogP contribution in [0.4, 0.5) is 0 Å². The lowest BCUT2D eigenvalue weighted by atomic mass is 10.4. The minimum atomic E-state index is -3.64. The van der Waals surface area contributed by atoms with E-state index in [1.54, 1.807) is 23.9 Å². The van der Waals surface area contributed by atoms with Gasteiger partial charge in [0.05, 0.1) is 16.6 Å². The molecule has 0 spiro atoms. The first kappa shape index (κ1) is 14.3. The van der Waals surface area contributed by atoms with Gasteiger partial charge in [-0.05, 0) is 12.1 Å². The second-order valence-electron chi connectivity index (χ2n) is 3.92. The fourth-order valence-electron chi connectivity index (χ4n) is 1.53. The molecule has 5 nitrogen and oxygen atoms in total. The highest BCUT2D eigenvalue weighted by molar-refractivity contribution is 7.89. The number of rotatable bonds is 4. The van der Waals surface area contributed by atoms with E-state index in [0.29, 0.717) is 5.02 Å². The van der Waals surface area contributed by atoms with Crippen molar-refractivity contribution in [2.75, 3.05) is 0 Å². The standard InChI is InChI=1S/C11H11Cl2N3O2S/c1-16-7-9(13)2-10(16)5-15-19(17,18)11-3-8(12)4-14-6-11/h2-4,6-7,15H,5H2,1H3. The number of nitrogens with zero attached hydrogens (tertiary/aromatic N) is 2. The molecule has 0 aliphatic carbocycles. The summed E-state index contributed by atoms with van der Waals surface area (Å²) in [6, 6.07) is 3.04. The van der Waals surface area contributed by atoms with Crippen LogP contribution < -0.4 is 4.72 Å². The molecule has 102 valence electrons. The first-order chi connectivity index (χ1) is 8.88. The third-order valence-corrected chi connectivity index (χ3v) is 4.29. The zero-order chi connectivity index (χ0) is 14.0. The van der Waals surface area contributed by atoms with Crippen LogP contribution in [0.3, 0.4) is 0 Å². The normalized spacial score (nSPS) is 11.7. The van der Waals surface area contributed by atoms with E-state index in [9.17, 15) is 8.42 Å². The van der Waals surface area contributed by atoms with Gasteiger partial charge in [-0.25, -0.2) is 13.1 Å². The molecule has 1 N–H and O–H groups in total. The number of sulfonamides is 1. The van der Waals surface area contributed by atoms with Crippen molar-refractivity contribution in [3.8, 4) is 0 Å². The molecule has 8 heteroatoms. The Morgan fingerprint density at radius 3 is 2.58 bits per heavy atom. The average Bonchev–Trinajstić information content (AvgIpc) is 2.65. The Labute approximate surface area is 121 Å². The van der Waals surface area contributed by atoms with Gasteiger partial charge in [0.2, 0.25) is 10.0 Å². The van der Waals surface area contributed by atoms with E-state index in [2.05, 4.69) is 9.71 Å². The number of hydrogen-bond donors (Lipinski definition) is 1. The number of pyridine rings is 1. The Balaban J connectivity index is 2.16. The van der Waals surface area contributed by atoms with Gasteiger partial charge in [0.15, 0.2) is 0 Å². The molecular formula is C11H11Cl2N3O2S. The maximum absolute atomic E-state index is 12.0. The van der Waals surface area contributed by atoms with Crippen molar-refractivity contribution in [1.82, 2.24) is 14.3 Å². The number of aryl methyl sites for hydroxylation is 1. The Morgan fingerprint density at radius 1 is 1.26 bits per heavy atom. The summed E-state index contributed by atoms with van der Waals surface area (Å²) in [5.41, 5.74) is 0.753. The maximum Gasteiger partial charge on any atom is 0.242 e. The second kappa shape index (κ2) is 5.50. The minimum absolute atomic E-state index is 0.0281. The molecule has 0 saturated carbocycles. The van der Waals surface area contributed by atoms with E-state index in [0.717, 1.165) is 5.69 Å². The molecule has 0 atom stereocenters. The predicted molar refractivity (Wildman–Crippen MR) is 73.7 cm³/mol. The molecule has 2 aromatic rings. The van der Waals surface area contributed by atoms with Gasteiger partial charge in [0, 0.05) is 31.3 Å². The fraction of sp³-hybridized carbons (Fsp3) is 0.182.